The Hall–Kier alpha value is -3.51. The normalized spacial score (nSPS) is 16.2. The van der Waals surface area contributed by atoms with Gasteiger partial charge in [-0.1, -0.05) is 18.2 Å². The third-order valence-electron chi connectivity index (χ3n) is 5.99. The number of aliphatic carboxylic acids is 1. The fourth-order valence-electron chi connectivity index (χ4n) is 4.52. The van der Waals surface area contributed by atoms with Gasteiger partial charge < -0.3 is 14.6 Å². The summed E-state index contributed by atoms with van der Waals surface area (Å²) in [6.07, 6.45) is 6.99. The number of rotatable bonds is 5. The van der Waals surface area contributed by atoms with E-state index in [0.29, 0.717) is 23.3 Å². The van der Waals surface area contributed by atoms with Crippen molar-refractivity contribution in [3.05, 3.63) is 88.5 Å². The number of carboxylic acids is 1. The number of allylic oxidation sites excluding steroid dienone is 3. The van der Waals surface area contributed by atoms with Crippen LogP contribution in [0.1, 0.15) is 61.6 Å². The SMILES string of the molecule is C/C(=C\C=C1\OCCc2ccncc21)c1c(C(OC(C)(C)C)C(=O)O)c(C)cc2cc(F)ccc12. The van der Waals surface area contributed by atoms with Crippen LogP contribution in [0, 0.1) is 12.7 Å². The molecule has 0 spiro atoms. The predicted molar refractivity (Wildman–Crippen MR) is 135 cm³/mol. The second-order valence-electron chi connectivity index (χ2n) is 9.81. The Bertz CT molecular complexity index is 1350. The molecule has 1 aliphatic heterocycles. The Morgan fingerprint density at radius 1 is 1.26 bits per heavy atom. The molecule has 6 heteroatoms. The van der Waals surface area contributed by atoms with Gasteiger partial charge in [-0.3, -0.25) is 4.98 Å². The van der Waals surface area contributed by atoms with E-state index in [1.165, 1.54) is 17.7 Å². The van der Waals surface area contributed by atoms with E-state index in [1.54, 1.807) is 18.5 Å². The molecule has 0 fully saturated rings. The number of benzene rings is 2. The van der Waals surface area contributed by atoms with Crippen molar-refractivity contribution in [2.75, 3.05) is 6.61 Å². The van der Waals surface area contributed by atoms with Gasteiger partial charge in [-0.05, 0) is 91.9 Å². The van der Waals surface area contributed by atoms with E-state index >= 15 is 0 Å². The van der Waals surface area contributed by atoms with Crippen molar-refractivity contribution in [2.45, 2.75) is 52.7 Å². The third kappa shape index (κ3) is 5.28. The van der Waals surface area contributed by atoms with Crippen LogP contribution in [0.5, 0.6) is 0 Å². The van der Waals surface area contributed by atoms with Crippen LogP contribution in [0.2, 0.25) is 0 Å². The minimum atomic E-state index is -1.19. The smallest absolute Gasteiger partial charge is 0.337 e. The summed E-state index contributed by atoms with van der Waals surface area (Å²) < 4.78 is 26.0. The molecule has 0 saturated carbocycles. The minimum Gasteiger partial charge on any atom is -0.493 e. The van der Waals surface area contributed by atoms with Gasteiger partial charge in [0.1, 0.15) is 11.6 Å². The first-order chi connectivity index (χ1) is 16.5. The van der Waals surface area contributed by atoms with Crippen molar-refractivity contribution in [1.82, 2.24) is 4.98 Å². The maximum atomic E-state index is 14.1. The van der Waals surface area contributed by atoms with Crippen LogP contribution < -0.4 is 0 Å². The lowest BCUT2D eigenvalue weighted by atomic mass is 9.87. The van der Waals surface area contributed by atoms with Crippen molar-refractivity contribution >= 4 is 28.1 Å². The highest BCUT2D eigenvalue weighted by Crippen LogP contribution is 2.38. The van der Waals surface area contributed by atoms with Gasteiger partial charge >= 0.3 is 5.97 Å². The predicted octanol–water partition coefficient (Wildman–Crippen LogP) is 6.64. The molecule has 5 nitrogen and oxygen atoms in total. The molecule has 2 heterocycles. The highest BCUT2D eigenvalue weighted by atomic mass is 19.1. The monoisotopic (exact) mass is 475 g/mol. The van der Waals surface area contributed by atoms with Crippen LogP contribution in [-0.2, 0) is 20.7 Å². The van der Waals surface area contributed by atoms with E-state index in [9.17, 15) is 14.3 Å². The molecule has 1 aliphatic rings. The van der Waals surface area contributed by atoms with Crippen LogP contribution in [-0.4, -0.2) is 28.3 Å². The van der Waals surface area contributed by atoms with E-state index in [0.717, 1.165) is 34.1 Å². The zero-order valence-electron chi connectivity index (χ0n) is 20.7. The van der Waals surface area contributed by atoms with E-state index in [-0.39, 0.29) is 5.82 Å². The molecule has 0 radical (unpaired) electrons. The molecule has 1 aromatic heterocycles. The highest BCUT2D eigenvalue weighted by Gasteiger charge is 2.31. The quantitative estimate of drug-likeness (QED) is 0.448. The number of aryl methyl sites for hydroxylation is 1. The highest BCUT2D eigenvalue weighted by molar-refractivity contribution is 5.98. The average Bonchev–Trinajstić information content (AvgIpc) is 2.79. The zero-order chi connectivity index (χ0) is 25.3. The molecule has 4 rings (SSSR count). The van der Waals surface area contributed by atoms with E-state index in [4.69, 9.17) is 9.47 Å². The molecule has 0 aliphatic carbocycles. The number of hydrogen-bond donors (Lipinski definition) is 1. The summed E-state index contributed by atoms with van der Waals surface area (Å²) in [5.41, 5.74) is 4.25. The fourth-order valence-corrected chi connectivity index (χ4v) is 4.52. The van der Waals surface area contributed by atoms with Crippen molar-refractivity contribution in [3.63, 3.8) is 0 Å². The number of ether oxygens (including phenoxy) is 2. The van der Waals surface area contributed by atoms with E-state index < -0.39 is 17.7 Å². The summed E-state index contributed by atoms with van der Waals surface area (Å²) in [4.78, 5) is 16.6. The summed E-state index contributed by atoms with van der Waals surface area (Å²) in [6, 6.07) is 8.36. The van der Waals surface area contributed by atoms with Crippen molar-refractivity contribution in [1.29, 1.82) is 0 Å². The summed E-state index contributed by atoms with van der Waals surface area (Å²) in [7, 11) is 0. The molecular weight excluding hydrogens is 445 g/mol. The second kappa shape index (κ2) is 9.62. The Morgan fingerprint density at radius 2 is 2.03 bits per heavy atom. The van der Waals surface area contributed by atoms with E-state index in [1.807, 2.05) is 58.9 Å². The molecule has 0 saturated heterocycles. The average molecular weight is 476 g/mol. The molecule has 0 bridgehead atoms. The van der Waals surface area contributed by atoms with Gasteiger partial charge in [0, 0.05) is 29.9 Å². The molecule has 0 amide bonds. The first kappa shape index (κ1) is 24.6. The first-order valence-electron chi connectivity index (χ1n) is 11.6. The summed E-state index contributed by atoms with van der Waals surface area (Å²) >= 11 is 0. The topological polar surface area (TPSA) is 68.7 Å². The van der Waals surface area contributed by atoms with Gasteiger partial charge in [-0.25, -0.2) is 9.18 Å². The Labute approximate surface area is 204 Å². The molecule has 1 atom stereocenters. The molecule has 182 valence electrons. The van der Waals surface area contributed by atoms with Gasteiger partial charge in [-0.2, -0.15) is 0 Å². The summed E-state index contributed by atoms with van der Waals surface area (Å²) in [5, 5.41) is 11.6. The maximum Gasteiger partial charge on any atom is 0.337 e. The Kier molecular flexibility index (Phi) is 6.77. The summed E-state index contributed by atoms with van der Waals surface area (Å²) in [5.74, 6) is -0.712. The fraction of sp³-hybridized carbons (Fsp3) is 0.310. The van der Waals surface area contributed by atoms with Gasteiger partial charge in [-0.15, -0.1) is 0 Å². The van der Waals surface area contributed by atoms with Crippen molar-refractivity contribution < 1.29 is 23.8 Å². The standard InChI is InChI=1S/C29H30FNO4/c1-17(6-9-24-23-16-31-12-10-19(23)11-13-34-24)25-22-8-7-21(30)15-20(22)14-18(2)26(25)27(28(32)33)35-29(3,4)5/h6-10,12,14-16,27H,11,13H2,1-5H3,(H,32,33)/b17-6+,24-9+. The number of pyridine rings is 1. The van der Waals surface area contributed by atoms with Crippen LogP contribution in [0.3, 0.4) is 0 Å². The number of nitrogens with zero attached hydrogens (tertiary/aromatic N) is 1. The molecule has 1 unspecified atom stereocenters. The number of hydrogen-bond acceptors (Lipinski definition) is 4. The molecule has 35 heavy (non-hydrogen) atoms. The van der Waals surface area contributed by atoms with Gasteiger partial charge in [0.15, 0.2) is 6.10 Å². The first-order valence-corrected chi connectivity index (χ1v) is 11.6. The van der Waals surface area contributed by atoms with Crippen molar-refractivity contribution in [3.8, 4) is 0 Å². The van der Waals surface area contributed by atoms with Gasteiger partial charge in [0.2, 0.25) is 0 Å². The van der Waals surface area contributed by atoms with Crippen molar-refractivity contribution in [2.24, 2.45) is 0 Å². The number of fused-ring (bicyclic) bond motifs is 2. The third-order valence-corrected chi connectivity index (χ3v) is 5.99. The molecule has 1 N–H and O–H groups in total. The number of carbonyl (C=O) groups is 1. The lowest BCUT2D eigenvalue weighted by Crippen LogP contribution is -2.28. The van der Waals surface area contributed by atoms with Gasteiger partial charge in [0.05, 0.1) is 12.2 Å². The Balaban J connectivity index is 1.93. The van der Waals surface area contributed by atoms with Crippen LogP contribution in [0.25, 0.3) is 22.1 Å². The van der Waals surface area contributed by atoms with Crippen LogP contribution >= 0.6 is 0 Å². The number of halogens is 1. The summed E-state index contributed by atoms with van der Waals surface area (Å²) in [6.45, 7) is 9.81. The maximum absolute atomic E-state index is 14.1. The lowest BCUT2D eigenvalue weighted by Gasteiger charge is -2.28. The molecular formula is C29H30FNO4. The lowest BCUT2D eigenvalue weighted by molar-refractivity contribution is -0.160. The second-order valence-corrected chi connectivity index (χ2v) is 9.81. The van der Waals surface area contributed by atoms with Gasteiger partial charge in [0.25, 0.3) is 0 Å². The van der Waals surface area contributed by atoms with E-state index in [2.05, 4.69) is 4.98 Å². The largest absolute Gasteiger partial charge is 0.493 e. The zero-order valence-corrected chi connectivity index (χ0v) is 20.7. The number of carboxylic acid groups (broad SMARTS) is 1. The number of aromatic nitrogens is 1. The Morgan fingerprint density at radius 3 is 2.74 bits per heavy atom. The van der Waals surface area contributed by atoms with Crippen LogP contribution in [0.15, 0.2) is 54.9 Å². The van der Waals surface area contributed by atoms with Crippen LogP contribution in [0.4, 0.5) is 4.39 Å². The molecule has 3 aromatic rings. The minimum absolute atomic E-state index is 0.347. The molecule has 2 aromatic carbocycles.